The summed E-state index contributed by atoms with van der Waals surface area (Å²) in [4.78, 5) is 40.3. The van der Waals surface area contributed by atoms with Crippen LogP contribution in [0.4, 0.5) is 9.39 Å². The summed E-state index contributed by atoms with van der Waals surface area (Å²) in [6, 6.07) is 2.91. The van der Waals surface area contributed by atoms with Crippen LogP contribution in [0.15, 0.2) is 32.9 Å². The van der Waals surface area contributed by atoms with Gasteiger partial charge in [-0.25, -0.2) is 13.8 Å². The minimum atomic E-state index is -1.06. The van der Waals surface area contributed by atoms with E-state index in [9.17, 15) is 18.8 Å². The predicted octanol–water partition coefficient (Wildman–Crippen LogP) is 3.06. The first kappa shape index (κ1) is 26.8. The number of thiophene rings is 1. The molecule has 36 heavy (non-hydrogen) atoms. The van der Waals surface area contributed by atoms with Gasteiger partial charge in [-0.3, -0.25) is 19.6 Å². The van der Waals surface area contributed by atoms with Crippen molar-refractivity contribution in [3.8, 4) is 5.75 Å². The summed E-state index contributed by atoms with van der Waals surface area (Å²) < 4.78 is 21.6. The van der Waals surface area contributed by atoms with E-state index in [0.717, 1.165) is 22.1 Å². The van der Waals surface area contributed by atoms with E-state index in [4.69, 9.17) is 10.1 Å². The second-order valence-corrected chi connectivity index (χ2v) is 9.45. The van der Waals surface area contributed by atoms with Crippen molar-refractivity contribution in [1.29, 1.82) is 5.41 Å². The lowest BCUT2D eigenvalue weighted by Gasteiger charge is -2.19. The zero-order valence-corrected chi connectivity index (χ0v) is 21.5. The number of carbonyl (C=O) groups excluding carboxylic acids is 1. The highest BCUT2D eigenvalue weighted by Crippen LogP contribution is 2.33. The van der Waals surface area contributed by atoms with E-state index in [0.29, 0.717) is 26.7 Å². The number of ether oxygens (including phenoxy) is 1. The Morgan fingerprint density at radius 2 is 2.03 bits per heavy atom. The Bertz CT molecular complexity index is 1440. The third-order valence-electron chi connectivity index (χ3n) is 5.60. The number of nitrogens with zero attached hydrogens (tertiary/aromatic N) is 3. The Morgan fingerprint density at radius 3 is 2.67 bits per heavy atom. The molecule has 1 amide bonds. The number of anilines is 1. The standard InChI is InChI=1S/C24H29FN6O4S/c1-13(2)28-20(32)15(4)31-22(33)19-14(3)21(29-27-10-9-26)36-23(19)30(24(31)34)11-8-16-12-17(25)6-7-18(16)35-5/h6-7,9-10,12-13,15,26,29H,8,11H2,1-5H3,(H,28,32)/b26-9?,27-10-/t15-/m1/s1. The molecule has 0 saturated carbocycles. The number of aromatic nitrogens is 2. The van der Waals surface area contributed by atoms with Crippen molar-refractivity contribution < 1.29 is 13.9 Å². The average molecular weight is 517 g/mol. The van der Waals surface area contributed by atoms with Gasteiger partial charge >= 0.3 is 5.69 Å². The van der Waals surface area contributed by atoms with Gasteiger partial charge in [0.2, 0.25) is 5.91 Å². The Morgan fingerprint density at radius 1 is 1.31 bits per heavy atom. The van der Waals surface area contributed by atoms with Crippen LogP contribution in [-0.2, 0) is 17.8 Å². The second-order valence-electron chi connectivity index (χ2n) is 8.45. The maximum atomic E-state index is 13.9. The van der Waals surface area contributed by atoms with Crippen LogP contribution in [0.3, 0.4) is 0 Å². The summed E-state index contributed by atoms with van der Waals surface area (Å²) in [5.74, 6) is -0.414. The van der Waals surface area contributed by atoms with E-state index in [2.05, 4.69) is 15.8 Å². The van der Waals surface area contributed by atoms with Crippen LogP contribution in [-0.4, -0.2) is 40.6 Å². The topological polar surface area (TPSA) is 131 Å². The summed E-state index contributed by atoms with van der Waals surface area (Å²) in [5.41, 5.74) is 2.68. The lowest BCUT2D eigenvalue weighted by atomic mass is 10.1. The lowest BCUT2D eigenvalue weighted by Crippen LogP contribution is -2.47. The molecule has 1 atom stereocenters. The zero-order valence-electron chi connectivity index (χ0n) is 20.7. The Labute approximate surface area is 210 Å². The molecule has 0 spiro atoms. The minimum Gasteiger partial charge on any atom is -0.496 e. The first-order valence-electron chi connectivity index (χ1n) is 11.3. The third kappa shape index (κ3) is 5.38. The first-order chi connectivity index (χ1) is 17.1. The molecule has 0 bridgehead atoms. The van der Waals surface area contributed by atoms with Crippen LogP contribution in [0.25, 0.3) is 10.2 Å². The number of aryl methyl sites for hydroxylation is 3. The molecule has 2 heterocycles. The number of amides is 1. The number of hydrogen-bond donors (Lipinski definition) is 3. The van der Waals surface area contributed by atoms with Gasteiger partial charge in [0.05, 0.1) is 18.7 Å². The maximum absolute atomic E-state index is 13.9. The molecule has 0 unspecified atom stereocenters. The minimum absolute atomic E-state index is 0.108. The van der Waals surface area contributed by atoms with Gasteiger partial charge in [0.15, 0.2) is 0 Å². The number of hydrazone groups is 1. The average Bonchev–Trinajstić information content (AvgIpc) is 3.15. The van der Waals surface area contributed by atoms with E-state index in [1.807, 2.05) is 0 Å². The molecular weight excluding hydrogens is 487 g/mol. The van der Waals surface area contributed by atoms with Gasteiger partial charge in [-0.1, -0.05) is 11.3 Å². The van der Waals surface area contributed by atoms with Gasteiger partial charge in [-0.15, -0.1) is 0 Å². The highest BCUT2D eigenvalue weighted by atomic mass is 32.1. The van der Waals surface area contributed by atoms with Gasteiger partial charge in [-0.05, 0) is 57.9 Å². The normalized spacial score (nSPS) is 12.3. The van der Waals surface area contributed by atoms with Crippen molar-refractivity contribution in [2.45, 2.75) is 52.7 Å². The molecule has 2 aromatic heterocycles. The van der Waals surface area contributed by atoms with Crippen molar-refractivity contribution in [3.05, 3.63) is 56.0 Å². The highest BCUT2D eigenvalue weighted by Gasteiger charge is 2.26. The third-order valence-corrected chi connectivity index (χ3v) is 6.82. The van der Waals surface area contributed by atoms with Gasteiger partial charge in [-0.2, -0.15) is 5.10 Å². The number of fused-ring (bicyclic) bond motifs is 1. The Balaban J connectivity index is 2.21. The molecular formula is C24H29FN6O4S. The molecule has 3 N–H and O–H groups in total. The van der Waals surface area contributed by atoms with Crippen molar-refractivity contribution in [2.75, 3.05) is 12.5 Å². The number of halogens is 1. The van der Waals surface area contributed by atoms with Crippen LogP contribution in [0.5, 0.6) is 5.75 Å². The number of benzene rings is 1. The molecule has 0 radical (unpaired) electrons. The molecule has 1 aromatic carbocycles. The van der Waals surface area contributed by atoms with Gasteiger partial charge in [0, 0.05) is 24.4 Å². The van der Waals surface area contributed by atoms with Crippen molar-refractivity contribution >= 4 is 44.9 Å². The van der Waals surface area contributed by atoms with E-state index < -0.39 is 29.0 Å². The fourth-order valence-corrected chi connectivity index (χ4v) is 5.01. The number of hydrogen-bond acceptors (Lipinski definition) is 8. The number of methoxy groups -OCH3 is 1. The summed E-state index contributed by atoms with van der Waals surface area (Å²) >= 11 is 1.16. The fraction of sp³-hybridized carbons (Fsp3) is 0.375. The fourth-order valence-electron chi connectivity index (χ4n) is 3.84. The summed E-state index contributed by atoms with van der Waals surface area (Å²) in [7, 11) is 1.48. The summed E-state index contributed by atoms with van der Waals surface area (Å²) in [6.45, 7) is 6.91. The summed E-state index contributed by atoms with van der Waals surface area (Å²) in [6.07, 6.45) is 2.48. The molecule has 0 aliphatic heterocycles. The first-order valence-corrected chi connectivity index (χ1v) is 12.1. The monoisotopic (exact) mass is 516 g/mol. The van der Waals surface area contributed by atoms with Crippen LogP contribution in [0.2, 0.25) is 0 Å². The van der Waals surface area contributed by atoms with Crippen molar-refractivity contribution in [3.63, 3.8) is 0 Å². The van der Waals surface area contributed by atoms with Crippen LogP contribution >= 0.6 is 11.3 Å². The Kier molecular flexibility index (Phi) is 8.41. The van der Waals surface area contributed by atoms with E-state index in [1.54, 1.807) is 20.8 Å². The Hall–Kier alpha value is -3.80. The number of rotatable bonds is 10. The molecule has 12 heteroatoms. The van der Waals surface area contributed by atoms with E-state index in [1.165, 1.54) is 43.0 Å². The van der Waals surface area contributed by atoms with Crippen LogP contribution < -0.4 is 26.7 Å². The van der Waals surface area contributed by atoms with Crippen molar-refractivity contribution in [2.24, 2.45) is 5.10 Å². The quantitative estimate of drug-likeness (QED) is 0.282. The molecule has 3 rings (SSSR count). The van der Waals surface area contributed by atoms with Gasteiger partial charge < -0.3 is 15.5 Å². The SMILES string of the molecule is COc1ccc(F)cc1CCn1c(=O)n([C@H](C)C(=O)NC(C)C)c(=O)c2c(C)c(N/N=C\C=N)sc21. The van der Waals surface area contributed by atoms with Crippen LogP contribution in [0, 0.1) is 18.2 Å². The largest absolute Gasteiger partial charge is 0.496 e. The van der Waals surface area contributed by atoms with Crippen molar-refractivity contribution in [1.82, 2.24) is 14.5 Å². The molecule has 0 aliphatic carbocycles. The predicted molar refractivity (Wildman–Crippen MR) is 141 cm³/mol. The van der Waals surface area contributed by atoms with Gasteiger partial charge in [0.25, 0.3) is 5.56 Å². The summed E-state index contributed by atoms with van der Waals surface area (Å²) in [5, 5.41) is 14.5. The number of nitrogens with one attached hydrogen (secondary N) is 3. The molecule has 0 aliphatic rings. The van der Waals surface area contributed by atoms with Crippen LogP contribution in [0.1, 0.15) is 37.9 Å². The van der Waals surface area contributed by atoms with E-state index in [-0.39, 0.29) is 24.4 Å². The molecule has 3 aromatic rings. The highest BCUT2D eigenvalue weighted by molar-refractivity contribution is 7.22. The second kappa shape index (κ2) is 11.3. The molecule has 0 saturated heterocycles. The van der Waals surface area contributed by atoms with E-state index >= 15 is 0 Å². The number of carbonyl (C=O) groups is 1. The molecule has 0 fully saturated rings. The maximum Gasteiger partial charge on any atom is 0.332 e. The molecule has 192 valence electrons. The zero-order chi connectivity index (χ0) is 26.6. The lowest BCUT2D eigenvalue weighted by molar-refractivity contribution is -0.124. The van der Waals surface area contributed by atoms with Gasteiger partial charge in [0.1, 0.15) is 27.4 Å². The smallest absolute Gasteiger partial charge is 0.332 e. The molecule has 10 nitrogen and oxygen atoms in total.